The van der Waals surface area contributed by atoms with Crippen molar-refractivity contribution in [3.05, 3.63) is 35.6 Å². The van der Waals surface area contributed by atoms with Gasteiger partial charge in [0.1, 0.15) is 5.82 Å². The van der Waals surface area contributed by atoms with E-state index in [-0.39, 0.29) is 37.2 Å². The highest BCUT2D eigenvalue weighted by Gasteiger charge is 2.44. The summed E-state index contributed by atoms with van der Waals surface area (Å²) in [5.74, 6) is -1.19. The van der Waals surface area contributed by atoms with Crippen LogP contribution < -0.4 is 0 Å². The van der Waals surface area contributed by atoms with Crippen molar-refractivity contribution in [1.29, 1.82) is 0 Å². The highest BCUT2D eigenvalue weighted by molar-refractivity contribution is 5.99. The minimum absolute atomic E-state index is 0.243. The number of hydrogen-bond donors (Lipinski definition) is 0. The number of imide groups is 1. The number of rotatable bonds is 2. The predicted molar refractivity (Wildman–Crippen MR) is 64.3 cm³/mol. The first-order valence-electron chi connectivity index (χ1n) is 6.10. The molecule has 0 N–H and O–H groups in total. The zero-order chi connectivity index (χ0) is 14.3. The molecule has 0 unspecified atom stereocenters. The Bertz CT molecular complexity index is 582. The molecule has 0 bridgehead atoms. The van der Waals surface area contributed by atoms with Gasteiger partial charge in [0.2, 0.25) is 0 Å². The molecule has 1 aromatic carbocycles. The van der Waals surface area contributed by atoms with Gasteiger partial charge in [-0.2, -0.15) is 0 Å². The van der Waals surface area contributed by atoms with Gasteiger partial charge in [-0.25, -0.2) is 14.1 Å². The molecule has 2 saturated heterocycles. The van der Waals surface area contributed by atoms with Gasteiger partial charge < -0.3 is 9.64 Å². The van der Waals surface area contributed by atoms with Crippen molar-refractivity contribution in [1.82, 2.24) is 9.80 Å². The number of carbonyl (C=O) groups excluding carboxylic acids is 3. The first-order chi connectivity index (χ1) is 9.56. The number of ether oxygens (including phenoxy) is 1. The summed E-state index contributed by atoms with van der Waals surface area (Å²) < 4.78 is 17.7. The fraction of sp³-hybridized carbons (Fsp3) is 0.308. The lowest BCUT2D eigenvalue weighted by molar-refractivity contribution is -0.129. The average molecular weight is 278 g/mol. The van der Waals surface area contributed by atoms with Crippen molar-refractivity contribution in [3.8, 4) is 0 Å². The summed E-state index contributed by atoms with van der Waals surface area (Å²) in [6.07, 6.45) is -0.669. The van der Waals surface area contributed by atoms with Gasteiger partial charge in [0.05, 0.1) is 6.04 Å². The standard InChI is InChI=1S/C13H11FN2O4/c14-9-3-1-2-8(4-9)12(18)15-5-10(6-15)16-11(17)7-20-13(16)19/h1-4,10H,5-7H2. The second-order valence-corrected chi connectivity index (χ2v) is 4.69. The third-order valence-electron chi connectivity index (χ3n) is 3.37. The van der Waals surface area contributed by atoms with Crippen LogP contribution in [-0.4, -0.2) is 53.4 Å². The molecular weight excluding hydrogens is 267 g/mol. The maximum absolute atomic E-state index is 13.1. The second-order valence-electron chi connectivity index (χ2n) is 4.69. The Balaban J connectivity index is 1.64. The lowest BCUT2D eigenvalue weighted by atomic mass is 10.1. The zero-order valence-corrected chi connectivity index (χ0v) is 10.4. The van der Waals surface area contributed by atoms with Crippen LogP contribution in [0.3, 0.4) is 0 Å². The van der Waals surface area contributed by atoms with Crippen LogP contribution in [-0.2, 0) is 9.53 Å². The first-order valence-corrected chi connectivity index (χ1v) is 6.10. The van der Waals surface area contributed by atoms with Gasteiger partial charge in [0.15, 0.2) is 6.61 Å². The molecule has 3 amide bonds. The van der Waals surface area contributed by atoms with Crippen LogP contribution in [0.25, 0.3) is 0 Å². The lowest BCUT2D eigenvalue weighted by Gasteiger charge is -2.41. The van der Waals surface area contributed by atoms with E-state index in [4.69, 9.17) is 0 Å². The molecule has 20 heavy (non-hydrogen) atoms. The van der Waals surface area contributed by atoms with Gasteiger partial charge in [0, 0.05) is 18.7 Å². The number of amides is 3. The van der Waals surface area contributed by atoms with E-state index in [9.17, 15) is 18.8 Å². The van der Waals surface area contributed by atoms with Gasteiger partial charge in [-0.15, -0.1) is 0 Å². The number of benzene rings is 1. The molecule has 3 rings (SSSR count). The number of hydrogen-bond acceptors (Lipinski definition) is 4. The van der Waals surface area contributed by atoms with Crippen LogP contribution in [0.4, 0.5) is 9.18 Å². The Kier molecular flexibility index (Phi) is 2.89. The van der Waals surface area contributed by atoms with E-state index in [1.165, 1.54) is 23.1 Å². The number of halogens is 1. The van der Waals surface area contributed by atoms with E-state index >= 15 is 0 Å². The summed E-state index contributed by atoms with van der Waals surface area (Å²) in [4.78, 5) is 37.3. The van der Waals surface area contributed by atoms with Crippen molar-refractivity contribution >= 4 is 17.9 Å². The van der Waals surface area contributed by atoms with Crippen molar-refractivity contribution in [3.63, 3.8) is 0 Å². The Morgan fingerprint density at radius 3 is 2.65 bits per heavy atom. The molecule has 0 radical (unpaired) electrons. The summed E-state index contributed by atoms with van der Waals surface area (Å²) in [5.41, 5.74) is 0.249. The Morgan fingerprint density at radius 2 is 2.05 bits per heavy atom. The van der Waals surface area contributed by atoms with Crippen LogP contribution >= 0.6 is 0 Å². The summed E-state index contributed by atoms with van der Waals surface area (Å²) in [6.45, 7) is 0.250. The van der Waals surface area contributed by atoms with Crippen LogP contribution in [0.15, 0.2) is 24.3 Å². The molecule has 0 spiro atoms. The highest BCUT2D eigenvalue weighted by atomic mass is 19.1. The summed E-state index contributed by atoms with van der Waals surface area (Å²) in [7, 11) is 0. The molecule has 2 fully saturated rings. The number of likely N-dealkylation sites (tertiary alicyclic amines) is 1. The minimum Gasteiger partial charge on any atom is -0.439 e. The Hall–Kier alpha value is -2.44. The van der Waals surface area contributed by atoms with Crippen LogP contribution in [0.5, 0.6) is 0 Å². The molecule has 104 valence electrons. The van der Waals surface area contributed by atoms with Gasteiger partial charge >= 0.3 is 6.09 Å². The average Bonchev–Trinajstić information content (AvgIpc) is 2.69. The van der Waals surface area contributed by atoms with Crippen LogP contribution in [0.1, 0.15) is 10.4 Å². The molecule has 2 aliphatic heterocycles. The second kappa shape index (κ2) is 4.59. The first kappa shape index (κ1) is 12.6. The smallest absolute Gasteiger partial charge is 0.417 e. The molecule has 2 aliphatic rings. The number of carbonyl (C=O) groups is 3. The molecule has 1 aromatic rings. The molecule has 0 atom stereocenters. The Labute approximate surface area is 113 Å². The fourth-order valence-corrected chi connectivity index (χ4v) is 2.31. The monoisotopic (exact) mass is 278 g/mol. The third kappa shape index (κ3) is 2.01. The molecule has 0 aromatic heterocycles. The molecule has 6 nitrogen and oxygen atoms in total. The van der Waals surface area contributed by atoms with Gasteiger partial charge in [-0.05, 0) is 18.2 Å². The normalized spacial score (nSPS) is 19.1. The van der Waals surface area contributed by atoms with Crippen molar-refractivity contribution in [2.75, 3.05) is 19.7 Å². The highest BCUT2D eigenvalue weighted by Crippen LogP contribution is 2.21. The third-order valence-corrected chi connectivity index (χ3v) is 3.37. The largest absolute Gasteiger partial charge is 0.439 e. The van der Waals surface area contributed by atoms with Crippen molar-refractivity contribution in [2.24, 2.45) is 0 Å². The number of nitrogens with zero attached hydrogens (tertiary/aromatic N) is 2. The fourth-order valence-electron chi connectivity index (χ4n) is 2.31. The molecule has 7 heteroatoms. The van der Waals surface area contributed by atoms with E-state index in [2.05, 4.69) is 4.74 Å². The van der Waals surface area contributed by atoms with Gasteiger partial charge in [-0.3, -0.25) is 9.59 Å². The SMILES string of the molecule is O=C(c1cccc(F)c1)N1CC(N2C(=O)COC2=O)C1. The maximum atomic E-state index is 13.1. The molecular formula is C13H11FN2O4. The van der Waals surface area contributed by atoms with E-state index in [0.29, 0.717) is 0 Å². The number of cyclic esters (lactones) is 1. The lowest BCUT2D eigenvalue weighted by Crippen LogP contribution is -2.62. The van der Waals surface area contributed by atoms with E-state index < -0.39 is 17.8 Å². The quantitative estimate of drug-likeness (QED) is 0.795. The van der Waals surface area contributed by atoms with E-state index in [1.54, 1.807) is 0 Å². The van der Waals surface area contributed by atoms with Crippen molar-refractivity contribution < 1.29 is 23.5 Å². The van der Waals surface area contributed by atoms with Crippen LogP contribution in [0, 0.1) is 5.82 Å². The summed E-state index contributed by atoms with van der Waals surface area (Å²) in [5, 5.41) is 0. The molecule has 0 aliphatic carbocycles. The summed E-state index contributed by atoms with van der Waals surface area (Å²) in [6, 6.07) is 5.05. The van der Waals surface area contributed by atoms with Crippen molar-refractivity contribution in [2.45, 2.75) is 6.04 Å². The van der Waals surface area contributed by atoms with E-state index in [1.807, 2.05) is 0 Å². The van der Waals surface area contributed by atoms with Gasteiger partial charge in [0.25, 0.3) is 11.8 Å². The zero-order valence-electron chi connectivity index (χ0n) is 10.4. The predicted octanol–water partition coefficient (Wildman–Crippen LogP) is 0.629. The Morgan fingerprint density at radius 1 is 1.30 bits per heavy atom. The topological polar surface area (TPSA) is 66.9 Å². The minimum atomic E-state index is -0.669. The molecule has 0 saturated carbocycles. The maximum Gasteiger partial charge on any atom is 0.417 e. The van der Waals surface area contributed by atoms with Crippen LogP contribution in [0.2, 0.25) is 0 Å². The molecule has 2 heterocycles. The van der Waals surface area contributed by atoms with E-state index in [0.717, 1.165) is 11.0 Å². The van der Waals surface area contributed by atoms with Gasteiger partial charge in [-0.1, -0.05) is 6.07 Å². The summed E-state index contributed by atoms with van der Waals surface area (Å²) >= 11 is 0.